The van der Waals surface area contributed by atoms with Gasteiger partial charge in [0.15, 0.2) is 0 Å². The largest absolute Gasteiger partial charge is 0.481 e. The van der Waals surface area contributed by atoms with Gasteiger partial charge in [-0.1, -0.05) is 36.4 Å². The number of anilines is 1. The van der Waals surface area contributed by atoms with Crippen molar-refractivity contribution in [1.82, 2.24) is 0 Å². The Labute approximate surface area is 123 Å². The van der Waals surface area contributed by atoms with E-state index in [9.17, 15) is 4.79 Å². The standard InChI is InChI=1S/C17H16N2O2/c18-10-9-13-5-7-16(8-6-13)19-12-15-3-1-14(2-4-15)11-17(20)21/h1-8,19H,9,11-12H2,(H,20,21). The summed E-state index contributed by atoms with van der Waals surface area (Å²) in [7, 11) is 0. The molecular formula is C17H16N2O2. The van der Waals surface area contributed by atoms with Gasteiger partial charge in [0, 0.05) is 12.2 Å². The first-order chi connectivity index (χ1) is 10.2. The number of nitriles is 1. The van der Waals surface area contributed by atoms with Gasteiger partial charge in [-0.3, -0.25) is 4.79 Å². The molecule has 4 nitrogen and oxygen atoms in total. The van der Waals surface area contributed by atoms with E-state index in [0.29, 0.717) is 13.0 Å². The van der Waals surface area contributed by atoms with Crippen LogP contribution >= 0.6 is 0 Å². The average Bonchev–Trinajstić information content (AvgIpc) is 2.48. The fourth-order valence-electron chi connectivity index (χ4n) is 1.99. The Kier molecular flexibility index (Phi) is 4.94. The highest BCUT2D eigenvalue weighted by Gasteiger charge is 2.00. The molecule has 0 amide bonds. The van der Waals surface area contributed by atoms with Gasteiger partial charge in [0.2, 0.25) is 0 Å². The van der Waals surface area contributed by atoms with Crippen molar-refractivity contribution in [2.45, 2.75) is 19.4 Å². The van der Waals surface area contributed by atoms with Gasteiger partial charge in [0.25, 0.3) is 0 Å². The molecule has 4 heteroatoms. The van der Waals surface area contributed by atoms with Crippen molar-refractivity contribution >= 4 is 11.7 Å². The van der Waals surface area contributed by atoms with E-state index in [1.807, 2.05) is 48.5 Å². The molecule has 2 aromatic carbocycles. The molecule has 0 atom stereocenters. The minimum absolute atomic E-state index is 0.0497. The number of aliphatic carboxylic acids is 1. The Morgan fingerprint density at radius 3 is 2.14 bits per heavy atom. The van der Waals surface area contributed by atoms with Gasteiger partial charge < -0.3 is 10.4 Å². The number of nitrogens with one attached hydrogen (secondary N) is 1. The molecule has 0 saturated carbocycles. The summed E-state index contributed by atoms with van der Waals surface area (Å²) in [5.74, 6) is -0.821. The minimum Gasteiger partial charge on any atom is -0.481 e. The normalized spacial score (nSPS) is 9.86. The van der Waals surface area contributed by atoms with E-state index in [1.54, 1.807) is 0 Å². The van der Waals surface area contributed by atoms with Crippen LogP contribution in [0, 0.1) is 11.3 Å². The lowest BCUT2D eigenvalue weighted by molar-refractivity contribution is -0.136. The fourth-order valence-corrected chi connectivity index (χ4v) is 1.99. The lowest BCUT2D eigenvalue weighted by Crippen LogP contribution is -2.02. The summed E-state index contributed by atoms with van der Waals surface area (Å²) < 4.78 is 0. The van der Waals surface area contributed by atoms with E-state index < -0.39 is 5.97 Å². The van der Waals surface area contributed by atoms with Crippen LogP contribution in [0.2, 0.25) is 0 Å². The fraction of sp³-hybridized carbons (Fsp3) is 0.176. The topological polar surface area (TPSA) is 73.1 Å². The lowest BCUT2D eigenvalue weighted by Gasteiger charge is -2.07. The zero-order valence-corrected chi connectivity index (χ0v) is 11.5. The third-order valence-electron chi connectivity index (χ3n) is 3.11. The zero-order chi connectivity index (χ0) is 15.1. The van der Waals surface area contributed by atoms with Crippen LogP contribution in [-0.2, 0) is 24.2 Å². The summed E-state index contributed by atoms with van der Waals surface area (Å²) >= 11 is 0. The smallest absolute Gasteiger partial charge is 0.307 e. The number of carboxylic acid groups (broad SMARTS) is 1. The molecule has 0 unspecified atom stereocenters. The van der Waals surface area contributed by atoms with E-state index in [4.69, 9.17) is 10.4 Å². The van der Waals surface area contributed by atoms with Crippen molar-refractivity contribution in [2.24, 2.45) is 0 Å². The molecule has 0 aliphatic rings. The zero-order valence-electron chi connectivity index (χ0n) is 11.5. The molecule has 2 N–H and O–H groups in total. The lowest BCUT2D eigenvalue weighted by atomic mass is 10.1. The van der Waals surface area contributed by atoms with Crippen LogP contribution in [0.1, 0.15) is 16.7 Å². The van der Waals surface area contributed by atoms with Gasteiger partial charge in [-0.25, -0.2) is 0 Å². The van der Waals surface area contributed by atoms with Gasteiger partial charge >= 0.3 is 5.97 Å². The maximum atomic E-state index is 10.6. The number of carboxylic acids is 1. The van der Waals surface area contributed by atoms with E-state index in [1.165, 1.54) is 0 Å². The Hall–Kier alpha value is -2.80. The number of carbonyl (C=O) groups is 1. The van der Waals surface area contributed by atoms with E-state index in [-0.39, 0.29) is 6.42 Å². The van der Waals surface area contributed by atoms with Crippen LogP contribution in [0.4, 0.5) is 5.69 Å². The summed E-state index contributed by atoms with van der Waals surface area (Å²) in [6, 6.07) is 17.4. The van der Waals surface area contributed by atoms with Gasteiger partial charge in [0.1, 0.15) is 0 Å². The third-order valence-corrected chi connectivity index (χ3v) is 3.11. The molecule has 0 bridgehead atoms. The molecule has 0 fully saturated rings. The van der Waals surface area contributed by atoms with Crippen LogP contribution in [-0.4, -0.2) is 11.1 Å². The molecule has 0 aliphatic carbocycles. The SMILES string of the molecule is N#CCc1ccc(NCc2ccc(CC(=O)O)cc2)cc1. The van der Waals surface area contributed by atoms with Gasteiger partial charge in [0.05, 0.1) is 18.9 Å². The van der Waals surface area contributed by atoms with E-state index in [0.717, 1.165) is 22.4 Å². The molecule has 0 aliphatic heterocycles. The van der Waals surface area contributed by atoms with Crippen molar-refractivity contribution in [1.29, 1.82) is 5.26 Å². The Bertz CT molecular complexity index is 640. The highest BCUT2D eigenvalue weighted by molar-refractivity contribution is 5.70. The Balaban J connectivity index is 1.90. The minimum atomic E-state index is -0.821. The number of hydrogen-bond donors (Lipinski definition) is 2. The van der Waals surface area contributed by atoms with Crippen LogP contribution in [0.25, 0.3) is 0 Å². The van der Waals surface area contributed by atoms with Gasteiger partial charge in [-0.05, 0) is 28.8 Å². The second kappa shape index (κ2) is 7.11. The van der Waals surface area contributed by atoms with Crippen molar-refractivity contribution in [3.05, 3.63) is 65.2 Å². The predicted molar refractivity (Wildman–Crippen MR) is 80.9 cm³/mol. The number of hydrogen-bond acceptors (Lipinski definition) is 3. The second-order valence-corrected chi connectivity index (χ2v) is 4.77. The highest BCUT2D eigenvalue weighted by atomic mass is 16.4. The summed E-state index contributed by atoms with van der Waals surface area (Å²) in [5.41, 5.74) is 3.88. The maximum Gasteiger partial charge on any atom is 0.307 e. The molecule has 2 aromatic rings. The second-order valence-electron chi connectivity index (χ2n) is 4.77. The summed E-state index contributed by atoms with van der Waals surface area (Å²) in [5, 5.41) is 20.6. The Morgan fingerprint density at radius 1 is 1.00 bits per heavy atom. The maximum absolute atomic E-state index is 10.6. The van der Waals surface area contributed by atoms with Crippen LogP contribution in [0.15, 0.2) is 48.5 Å². The predicted octanol–water partition coefficient (Wildman–Crippen LogP) is 2.99. The number of rotatable bonds is 6. The van der Waals surface area contributed by atoms with E-state index >= 15 is 0 Å². The molecule has 0 heterocycles. The monoisotopic (exact) mass is 280 g/mol. The quantitative estimate of drug-likeness (QED) is 0.853. The average molecular weight is 280 g/mol. The van der Waals surface area contributed by atoms with Crippen LogP contribution in [0.5, 0.6) is 0 Å². The number of nitrogens with zero attached hydrogens (tertiary/aromatic N) is 1. The molecule has 21 heavy (non-hydrogen) atoms. The Morgan fingerprint density at radius 2 is 1.57 bits per heavy atom. The third kappa shape index (κ3) is 4.66. The first-order valence-electron chi connectivity index (χ1n) is 6.67. The molecular weight excluding hydrogens is 264 g/mol. The molecule has 0 spiro atoms. The molecule has 0 radical (unpaired) electrons. The molecule has 2 rings (SSSR count). The highest BCUT2D eigenvalue weighted by Crippen LogP contribution is 2.12. The number of benzene rings is 2. The summed E-state index contributed by atoms with van der Waals surface area (Å²) in [6.07, 6.45) is 0.472. The first kappa shape index (κ1) is 14.6. The first-order valence-corrected chi connectivity index (χ1v) is 6.67. The molecule has 0 aromatic heterocycles. The van der Waals surface area contributed by atoms with Crippen LogP contribution in [0.3, 0.4) is 0 Å². The molecule has 106 valence electrons. The summed E-state index contributed by atoms with van der Waals surface area (Å²) in [4.78, 5) is 10.6. The summed E-state index contributed by atoms with van der Waals surface area (Å²) in [6.45, 7) is 0.672. The van der Waals surface area contributed by atoms with Gasteiger partial charge in [-0.2, -0.15) is 5.26 Å². The van der Waals surface area contributed by atoms with Crippen molar-refractivity contribution in [2.75, 3.05) is 5.32 Å². The van der Waals surface area contributed by atoms with Crippen molar-refractivity contribution in [3.8, 4) is 6.07 Å². The van der Waals surface area contributed by atoms with Crippen molar-refractivity contribution in [3.63, 3.8) is 0 Å². The van der Waals surface area contributed by atoms with Gasteiger partial charge in [-0.15, -0.1) is 0 Å². The van der Waals surface area contributed by atoms with Crippen LogP contribution < -0.4 is 5.32 Å². The van der Waals surface area contributed by atoms with Crippen molar-refractivity contribution < 1.29 is 9.90 Å². The molecule has 0 saturated heterocycles. The van der Waals surface area contributed by atoms with E-state index in [2.05, 4.69) is 11.4 Å².